The average molecular weight is 287 g/mol. The summed E-state index contributed by atoms with van der Waals surface area (Å²) in [6.45, 7) is 0.774. The molecule has 0 saturated carbocycles. The number of hydrogen-bond donors (Lipinski definition) is 1. The molecule has 1 nitrogen and oxygen atoms in total. The molecule has 0 radical (unpaired) electrons. The smallest absolute Gasteiger partial charge is 0.385 e. The summed E-state index contributed by atoms with van der Waals surface area (Å²) in [5, 5.41) is 3.70. The largest absolute Gasteiger partial charge is 0.416 e. The van der Waals surface area contributed by atoms with E-state index >= 15 is 0 Å². The van der Waals surface area contributed by atoms with E-state index in [1.54, 1.807) is 6.07 Å². The van der Waals surface area contributed by atoms with Gasteiger partial charge in [0, 0.05) is 17.5 Å². The summed E-state index contributed by atoms with van der Waals surface area (Å²) in [5.41, 5.74) is 1.19. The first-order valence-electron chi connectivity index (χ1n) is 6.62. The summed E-state index contributed by atoms with van der Waals surface area (Å²) in [4.78, 5) is 0. The zero-order valence-electron chi connectivity index (χ0n) is 10.5. The normalized spacial score (nSPS) is 26.9. The number of anilines is 1. The molecular formula is C14H16F3NS. The maximum atomic E-state index is 12.7. The molecule has 19 heavy (non-hydrogen) atoms. The van der Waals surface area contributed by atoms with Crippen molar-refractivity contribution in [3.05, 3.63) is 29.3 Å². The first-order chi connectivity index (χ1) is 9.05. The SMILES string of the molecule is FC(F)(F)c1ccc2c(c1)NCCC2C1CCCS1. The van der Waals surface area contributed by atoms with Crippen molar-refractivity contribution in [3.8, 4) is 0 Å². The van der Waals surface area contributed by atoms with E-state index in [0.29, 0.717) is 16.9 Å². The molecule has 2 unspecified atom stereocenters. The van der Waals surface area contributed by atoms with Gasteiger partial charge < -0.3 is 5.32 Å². The van der Waals surface area contributed by atoms with Gasteiger partial charge in [0.15, 0.2) is 0 Å². The van der Waals surface area contributed by atoms with E-state index in [1.165, 1.54) is 30.7 Å². The minimum atomic E-state index is -4.26. The van der Waals surface area contributed by atoms with Crippen LogP contribution in [0.3, 0.4) is 0 Å². The zero-order valence-corrected chi connectivity index (χ0v) is 11.3. The molecule has 1 aromatic carbocycles. The fourth-order valence-electron chi connectivity index (χ4n) is 3.03. The maximum absolute atomic E-state index is 12.7. The lowest BCUT2D eigenvalue weighted by Crippen LogP contribution is -2.23. The number of nitrogens with one attached hydrogen (secondary N) is 1. The van der Waals surface area contributed by atoms with Gasteiger partial charge in [-0.2, -0.15) is 24.9 Å². The molecule has 2 aliphatic rings. The van der Waals surface area contributed by atoms with Crippen LogP contribution >= 0.6 is 11.8 Å². The van der Waals surface area contributed by atoms with Crippen molar-refractivity contribution in [1.29, 1.82) is 0 Å². The predicted octanol–water partition coefficient (Wildman–Crippen LogP) is 4.50. The third-order valence-electron chi connectivity index (χ3n) is 3.96. The third-order valence-corrected chi connectivity index (χ3v) is 5.48. The highest BCUT2D eigenvalue weighted by molar-refractivity contribution is 8.00. The van der Waals surface area contributed by atoms with Gasteiger partial charge in [-0.25, -0.2) is 0 Å². The highest BCUT2D eigenvalue weighted by Gasteiger charge is 2.34. The van der Waals surface area contributed by atoms with Crippen molar-refractivity contribution in [3.63, 3.8) is 0 Å². The summed E-state index contributed by atoms with van der Waals surface area (Å²) in [6.07, 6.45) is -0.813. The zero-order chi connectivity index (χ0) is 13.5. The Labute approximate surface area is 115 Å². The summed E-state index contributed by atoms with van der Waals surface area (Å²) in [7, 11) is 0. The van der Waals surface area contributed by atoms with Gasteiger partial charge in [0.2, 0.25) is 0 Å². The van der Waals surface area contributed by atoms with Gasteiger partial charge in [-0.3, -0.25) is 0 Å². The van der Waals surface area contributed by atoms with Crippen LogP contribution in [-0.4, -0.2) is 17.5 Å². The van der Waals surface area contributed by atoms with Gasteiger partial charge >= 0.3 is 6.18 Å². The van der Waals surface area contributed by atoms with Crippen LogP contribution in [0.25, 0.3) is 0 Å². The van der Waals surface area contributed by atoms with E-state index in [4.69, 9.17) is 0 Å². The van der Waals surface area contributed by atoms with Crippen LogP contribution in [0.1, 0.15) is 36.3 Å². The van der Waals surface area contributed by atoms with Crippen molar-refractivity contribution in [2.45, 2.75) is 36.6 Å². The van der Waals surface area contributed by atoms with E-state index in [9.17, 15) is 13.2 Å². The minimum Gasteiger partial charge on any atom is -0.385 e. The molecule has 0 aromatic heterocycles. The van der Waals surface area contributed by atoms with Crippen LogP contribution < -0.4 is 5.32 Å². The van der Waals surface area contributed by atoms with Gasteiger partial charge in [0.1, 0.15) is 0 Å². The molecule has 0 aliphatic carbocycles. The molecule has 1 N–H and O–H groups in total. The van der Waals surface area contributed by atoms with Gasteiger partial charge in [-0.15, -0.1) is 0 Å². The van der Waals surface area contributed by atoms with E-state index in [0.717, 1.165) is 18.5 Å². The van der Waals surface area contributed by atoms with Crippen molar-refractivity contribution in [1.82, 2.24) is 0 Å². The summed E-state index contributed by atoms with van der Waals surface area (Å²) >= 11 is 1.97. The van der Waals surface area contributed by atoms with Crippen LogP contribution in [0.2, 0.25) is 0 Å². The standard InChI is InChI=1S/C14H16F3NS/c15-14(16,17)9-3-4-10-11(13-2-1-7-19-13)5-6-18-12(10)8-9/h3-4,8,11,13,18H,1-2,5-7H2. The minimum absolute atomic E-state index is 0.408. The second-order valence-electron chi connectivity index (χ2n) is 5.17. The fourth-order valence-corrected chi connectivity index (χ4v) is 4.52. The second kappa shape index (κ2) is 4.93. The van der Waals surface area contributed by atoms with E-state index in [2.05, 4.69) is 5.32 Å². The topological polar surface area (TPSA) is 12.0 Å². The number of rotatable bonds is 1. The first kappa shape index (κ1) is 13.2. The molecule has 0 amide bonds. The van der Waals surface area contributed by atoms with Crippen LogP contribution in [-0.2, 0) is 6.18 Å². The van der Waals surface area contributed by atoms with E-state index in [1.807, 2.05) is 11.8 Å². The molecule has 1 saturated heterocycles. The number of hydrogen-bond acceptors (Lipinski definition) is 2. The Morgan fingerprint density at radius 2 is 2.05 bits per heavy atom. The molecule has 0 bridgehead atoms. The highest BCUT2D eigenvalue weighted by Crippen LogP contribution is 2.44. The number of thioether (sulfide) groups is 1. The van der Waals surface area contributed by atoms with Gasteiger partial charge in [0.05, 0.1) is 5.56 Å². The third kappa shape index (κ3) is 2.57. The second-order valence-corrected chi connectivity index (χ2v) is 6.52. The van der Waals surface area contributed by atoms with Crippen LogP contribution in [0.15, 0.2) is 18.2 Å². The van der Waals surface area contributed by atoms with Gasteiger partial charge in [-0.05, 0) is 48.6 Å². The molecule has 1 fully saturated rings. The Hall–Kier alpha value is -0.840. The Morgan fingerprint density at radius 3 is 2.74 bits per heavy atom. The summed E-state index contributed by atoms with van der Waals surface area (Å²) < 4.78 is 38.2. The summed E-state index contributed by atoms with van der Waals surface area (Å²) in [6, 6.07) is 4.16. The number of fused-ring (bicyclic) bond motifs is 1. The fraction of sp³-hybridized carbons (Fsp3) is 0.571. The number of halogens is 3. The lowest BCUT2D eigenvalue weighted by molar-refractivity contribution is -0.137. The molecule has 5 heteroatoms. The highest BCUT2D eigenvalue weighted by atomic mass is 32.2. The van der Waals surface area contributed by atoms with E-state index in [-0.39, 0.29) is 0 Å². The molecule has 3 rings (SSSR count). The summed E-state index contributed by atoms with van der Waals surface area (Å²) in [5.74, 6) is 1.59. The number of benzene rings is 1. The van der Waals surface area contributed by atoms with Crippen LogP contribution in [0.4, 0.5) is 18.9 Å². The monoisotopic (exact) mass is 287 g/mol. The number of alkyl halides is 3. The van der Waals surface area contributed by atoms with E-state index < -0.39 is 11.7 Å². The van der Waals surface area contributed by atoms with Crippen LogP contribution in [0, 0.1) is 0 Å². The van der Waals surface area contributed by atoms with Crippen molar-refractivity contribution in [2.24, 2.45) is 0 Å². The maximum Gasteiger partial charge on any atom is 0.416 e. The molecule has 2 aliphatic heterocycles. The Morgan fingerprint density at radius 1 is 1.21 bits per heavy atom. The molecule has 2 heterocycles. The lowest BCUT2D eigenvalue weighted by Gasteiger charge is -2.31. The molecular weight excluding hydrogens is 271 g/mol. The lowest BCUT2D eigenvalue weighted by atomic mass is 9.86. The van der Waals surface area contributed by atoms with Crippen LogP contribution in [0.5, 0.6) is 0 Å². The van der Waals surface area contributed by atoms with Gasteiger partial charge in [0.25, 0.3) is 0 Å². The average Bonchev–Trinajstić information content (AvgIpc) is 2.90. The molecule has 104 valence electrons. The first-order valence-corrected chi connectivity index (χ1v) is 7.67. The Bertz CT molecular complexity index is 466. The molecule has 0 spiro atoms. The quantitative estimate of drug-likeness (QED) is 0.816. The Balaban J connectivity index is 1.92. The Kier molecular flexibility index (Phi) is 3.41. The molecule has 2 atom stereocenters. The van der Waals surface area contributed by atoms with Crippen molar-refractivity contribution >= 4 is 17.4 Å². The van der Waals surface area contributed by atoms with Crippen molar-refractivity contribution < 1.29 is 13.2 Å². The predicted molar refractivity (Wildman–Crippen MR) is 72.8 cm³/mol. The van der Waals surface area contributed by atoms with Crippen molar-refractivity contribution in [2.75, 3.05) is 17.6 Å². The molecule has 1 aromatic rings. The van der Waals surface area contributed by atoms with Gasteiger partial charge in [-0.1, -0.05) is 6.07 Å².